The van der Waals surface area contributed by atoms with E-state index in [1.54, 1.807) is 53.7 Å². The van der Waals surface area contributed by atoms with Gasteiger partial charge in [-0.25, -0.2) is 4.79 Å². The number of aromatic hydroxyl groups is 1. The molecule has 63 heavy (non-hydrogen) atoms. The Labute approximate surface area is 364 Å². The number of halogens is 3. The van der Waals surface area contributed by atoms with Gasteiger partial charge in [0.25, 0.3) is 0 Å². The highest BCUT2D eigenvalue weighted by Crippen LogP contribution is 2.16. The lowest BCUT2D eigenvalue weighted by Gasteiger charge is -2.31. The first-order chi connectivity index (χ1) is 29.2. The summed E-state index contributed by atoms with van der Waals surface area (Å²) in [6.07, 6.45) is -3.84. The van der Waals surface area contributed by atoms with Gasteiger partial charge in [0.1, 0.15) is 42.0 Å². The molecule has 356 valence electrons. The summed E-state index contributed by atoms with van der Waals surface area (Å²) in [7, 11) is 0. The number of nitrogens with one attached hydrogen (secondary N) is 6. The smallest absolute Gasteiger partial charge is 0.490 e. The van der Waals surface area contributed by atoms with Gasteiger partial charge < -0.3 is 59.3 Å². The number of phenols is 1. The first kappa shape index (κ1) is 57.0. The first-order valence-electron chi connectivity index (χ1n) is 20.3. The Bertz CT molecular complexity index is 1710. The molecule has 14 N–H and O–H groups in total. The molecule has 7 atom stereocenters. The minimum absolute atomic E-state index is 0.00988. The average molecular weight is 904 g/mol. The molecule has 0 radical (unpaired) electrons. The van der Waals surface area contributed by atoms with E-state index in [1.165, 1.54) is 19.1 Å². The summed E-state index contributed by atoms with van der Waals surface area (Å²) < 4.78 is 31.7. The summed E-state index contributed by atoms with van der Waals surface area (Å²) in [5, 5.41) is 32.7. The molecule has 0 heterocycles. The number of benzene rings is 1. The standard InChI is InChI=1S/C38H63N9O9.C2HF3O2/c1-8-22(6)32(47-34(52)27(16-17-29(40)50)44-36(54)30(20(2)3)42-23(7)48)38(56)46-31(21(4)5)37(55)45-28(19-24-12-14-25(49)15-13-24)35(53)43-26(33(41)51)11-9-10-18-39;3-2(4,5)1(6)7/h12-15,20-22,26-28,30-32,49H,8-11,16-19,39H2,1-7H3,(H2,40,50)(H2,41,51)(H,42,48)(H,43,53)(H,44,54)(H,45,55)(H,46,56)(H,47,52);(H,6,7). The van der Waals surface area contributed by atoms with Gasteiger partial charge in [-0.1, -0.05) is 60.1 Å². The zero-order valence-corrected chi connectivity index (χ0v) is 36.6. The van der Waals surface area contributed by atoms with Crippen molar-refractivity contribution in [2.75, 3.05) is 6.54 Å². The average Bonchev–Trinajstić information content (AvgIpc) is 3.18. The van der Waals surface area contributed by atoms with Gasteiger partial charge in [0.15, 0.2) is 0 Å². The number of carbonyl (C=O) groups is 9. The summed E-state index contributed by atoms with van der Waals surface area (Å²) in [5.74, 6) is -9.72. The number of carboxylic acid groups (broad SMARTS) is 1. The Morgan fingerprint density at radius 1 is 0.651 bits per heavy atom. The van der Waals surface area contributed by atoms with Crippen LogP contribution in [0.25, 0.3) is 0 Å². The van der Waals surface area contributed by atoms with E-state index in [-0.39, 0.29) is 37.4 Å². The topological polar surface area (TPSA) is 344 Å². The second kappa shape index (κ2) is 27.8. The monoisotopic (exact) mass is 903 g/mol. The predicted molar refractivity (Wildman–Crippen MR) is 222 cm³/mol. The number of aliphatic carboxylic acids is 1. The van der Waals surface area contributed by atoms with Crippen molar-refractivity contribution in [3.63, 3.8) is 0 Å². The molecule has 0 aliphatic heterocycles. The summed E-state index contributed by atoms with van der Waals surface area (Å²) in [4.78, 5) is 113. The maximum absolute atomic E-state index is 13.9. The molecule has 1 aromatic rings. The molecule has 1 aromatic carbocycles. The van der Waals surface area contributed by atoms with Gasteiger partial charge in [0, 0.05) is 19.8 Å². The van der Waals surface area contributed by atoms with Gasteiger partial charge in [-0.2, -0.15) is 13.2 Å². The quantitative estimate of drug-likeness (QED) is 0.0566. The van der Waals surface area contributed by atoms with Crippen molar-refractivity contribution in [2.45, 2.75) is 136 Å². The number of alkyl halides is 3. The third-order valence-electron chi connectivity index (χ3n) is 9.52. The Morgan fingerprint density at radius 3 is 1.52 bits per heavy atom. The normalized spacial score (nSPS) is 14.5. The van der Waals surface area contributed by atoms with Crippen LogP contribution in [0.15, 0.2) is 24.3 Å². The van der Waals surface area contributed by atoms with Crippen LogP contribution < -0.4 is 49.1 Å². The molecule has 0 bridgehead atoms. The number of unbranched alkanes of at least 4 members (excludes halogenated alkanes) is 1. The fraction of sp³-hybridized carbons (Fsp3) is 0.625. The molecule has 0 aromatic heterocycles. The third-order valence-corrected chi connectivity index (χ3v) is 9.52. The van der Waals surface area contributed by atoms with Crippen molar-refractivity contribution in [2.24, 2.45) is 35.0 Å². The first-order valence-corrected chi connectivity index (χ1v) is 20.3. The fourth-order valence-electron chi connectivity index (χ4n) is 5.69. The molecule has 0 fully saturated rings. The van der Waals surface area contributed by atoms with E-state index in [2.05, 4.69) is 31.9 Å². The zero-order valence-electron chi connectivity index (χ0n) is 36.6. The maximum Gasteiger partial charge on any atom is 0.490 e. The van der Waals surface area contributed by atoms with Crippen LogP contribution in [0.2, 0.25) is 0 Å². The van der Waals surface area contributed by atoms with Crippen molar-refractivity contribution in [3.05, 3.63) is 29.8 Å². The third kappa shape index (κ3) is 22.1. The molecule has 0 spiro atoms. The Morgan fingerprint density at radius 2 is 1.10 bits per heavy atom. The summed E-state index contributed by atoms with van der Waals surface area (Å²) in [6.45, 7) is 11.9. The van der Waals surface area contributed by atoms with Crippen LogP contribution in [0.5, 0.6) is 5.75 Å². The lowest BCUT2D eigenvalue weighted by molar-refractivity contribution is -0.192. The number of carboxylic acids is 1. The maximum atomic E-state index is 13.9. The summed E-state index contributed by atoms with van der Waals surface area (Å²) in [6, 6.07) is -1.04. The van der Waals surface area contributed by atoms with Crippen LogP contribution in [0.3, 0.4) is 0 Å². The molecular weight excluding hydrogens is 839 g/mol. The summed E-state index contributed by atoms with van der Waals surface area (Å²) in [5.41, 5.74) is 17.0. The van der Waals surface area contributed by atoms with E-state index in [0.29, 0.717) is 31.4 Å². The minimum Gasteiger partial charge on any atom is -0.508 e. The van der Waals surface area contributed by atoms with Crippen LogP contribution in [0.1, 0.15) is 92.6 Å². The van der Waals surface area contributed by atoms with Gasteiger partial charge >= 0.3 is 12.1 Å². The predicted octanol–water partition coefficient (Wildman–Crippen LogP) is -0.265. The van der Waals surface area contributed by atoms with Gasteiger partial charge in [-0.05, 0) is 67.7 Å². The highest BCUT2D eigenvalue weighted by molar-refractivity contribution is 5.97. The van der Waals surface area contributed by atoms with Gasteiger partial charge in [-0.15, -0.1) is 0 Å². The molecule has 0 saturated heterocycles. The molecule has 0 aliphatic rings. The Balaban J connectivity index is 0.00000503. The number of nitrogens with two attached hydrogens (primary N) is 3. The zero-order chi connectivity index (χ0) is 48.8. The van der Waals surface area contributed by atoms with Crippen LogP contribution >= 0.6 is 0 Å². The van der Waals surface area contributed by atoms with Crippen molar-refractivity contribution in [3.8, 4) is 5.75 Å². The Kier molecular flexibility index (Phi) is 25.2. The largest absolute Gasteiger partial charge is 0.508 e. The highest BCUT2D eigenvalue weighted by atomic mass is 19.4. The van der Waals surface area contributed by atoms with Gasteiger partial charge in [0.2, 0.25) is 47.3 Å². The van der Waals surface area contributed by atoms with Crippen molar-refractivity contribution >= 4 is 53.2 Å². The van der Waals surface area contributed by atoms with Crippen molar-refractivity contribution in [1.29, 1.82) is 0 Å². The van der Waals surface area contributed by atoms with E-state index in [0.717, 1.165) is 0 Å². The highest BCUT2D eigenvalue weighted by Gasteiger charge is 2.38. The second-order valence-electron chi connectivity index (χ2n) is 15.6. The fourth-order valence-corrected chi connectivity index (χ4v) is 5.69. The van der Waals surface area contributed by atoms with E-state index in [4.69, 9.17) is 27.1 Å². The van der Waals surface area contributed by atoms with E-state index in [1.807, 2.05) is 0 Å². The number of hydrogen-bond donors (Lipinski definition) is 11. The number of rotatable bonds is 25. The van der Waals surface area contributed by atoms with Crippen LogP contribution in [-0.4, -0.2) is 112 Å². The molecule has 0 aliphatic carbocycles. The molecule has 8 amide bonds. The molecule has 23 heteroatoms. The van der Waals surface area contributed by atoms with Crippen molar-refractivity contribution in [1.82, 2.24) is 31.9 Å². The van der Waals surface area contributed by atoms with Crippen LogP contribution in [-0.2, 0) is 49.6 Å². The molecule has 20 nitrogen and oxygen atoms in total. The van der Waals surface area contributed by atoms with E-state index in [9.17, 15) is 56.6 Å². The second-order valence-corrected chi connectivity index (χ2v) is 15.6. The Hall–Kier alpha value is -6.00. The number of phenolic OH excluding ortho intramolecular Hbond substituents is 1. The van der Waals surface area contributed by atoms with Gasteiger partial charge in [-0.3, -0.25) is 38.4 Å². The number of primary amides is 2. The minimum atomic E-state index is -5.08. The van der Waals surface area contributed by atoms with Crippen molar-refractivity contribution < 1.29 is 66.5 Å². The van der Waals surface area contributed by atoms with E-state index < -0.39 is 107 Å². The number of hydrogen-bond acceptors (Lipinski definition) is 11. The number of amides is 8. The van der Waals surface area contributed by atoms with Gasteiger partial charge in [0.05, 0.1) is 0 Å². The van der Waals surface area contributed by atoms with E-state index >= 15 is 0 Å². The molecule has 0 saturated carbocycles. The van der Waals surface area contributed by atoms with Crippen LogP contribution in [0.4, 0.5) is 13.2 Å². The lowest BCUT2D eigenvalue weighted by Crippen LogP contribution is -2.62. The SMILES string of the molecule is CCC(C)C(NC(=O)C(CCC(N)=O)NC(=O)C(NC(C)=O)C(C)C)C(=O)NC(C(=O)NC(Cc1ccc(O)cc1)C(=O)NC(CCCCN)C(N)=O)C(C)C.O=C(O)C(F)(F)F. The molecule has 7 unspecified atom stereocenters. The number of carbonyl (C=O) groups excluding carboxylic acids is 8. The molecule has 1 rings (SSSR count). The summed E-state index contributed by atoms with van der Waals surface area (Å²) >= 11 is 0. The molecular formula is C40H64F3N9O11. The van der Waals surface area contributed by atoms with Crippen LogP contribution in [0, 0.1) is 17.8 Å². The lowest BCUT2D eigenvalue weighted by atomic mass is 9.95.